The standard InChI is InChI=1S/C68H72N4O/c1-64(2,3)51-35-52(65(4,5)6)38-55(37-51)71-45-70(44-62(71)46-23-17-14-18-24-46)54-36-53(66(7,8)9)39-57(42-54)73-56-30-31-58-59-40-49(67(10,11)47-25-19-15-20-26-47)29-32-60(59)72(61(58)43-56)63-41-50(33-34-69-63)68(12,13)48-27-21-16-22-28-48/h14-44H,45H2,1-13H3. The lowest BCUT2D eigenvalue weighted by Gasteiger charge is -2.31. The summed E-state index contributed by atoms with van der Waals surface area (Å²) >= 11 is 0. The molecule has 0 aliphatic carbocycles. The molecule has 1 aliphatic heterocycles. The van der Waals surface area contributed by atoms with Crippen molar-refractivity contribution in [1.29, 1.82) is 0 Å². The average Bonchev–Trinajstić information content (AvgIpc) is 3.96. The molecule has 7 aromatic carbocycles. The maximum Gasteiger partial charge on any atom is 0.137 e. The maximum absolute atomic E-state index is 7.12. The van der Waals surface area contributed by atoms with E-state index in [1.807, 2.05) is 6.20 Å². The van der Waals surface area contributed by atoms with Gasteiger partial charge in [0.2, 0.25) is 0 Å². The lowest BCUT2D eigenvalue weighted by molar-refractivity contribution is 0.479. The fraction of sp³-hybridized carbons (Fsp3) is 0.279. The van der Waals surface area contributed by atoms with Gasteiger partial charge in [-0.3, -0.25) is 4.57 Å². The van der Waals surface area contributed by atoms with Gasteiger partial charge in [-0.25, -0.2) is 4.98 Å². The molecular formula is C68H72N4O. The molecule has 1 aliphatic rings. The van der Waals surface area contributed by atoms with Gasteiger partial charge in [-0.2, -0.15) is 0 Å². The summed E-state index contributed by atoms with van der Waals surface area (Å²) in [4.78, 5) is 9.98. The minimum atomic E-state index is -0.246. The topological polar surface area (TPSA) is 33.5 Å². The summed E-state index contributed by atoms with van der Waals surface area (Å²) in [7, 11) is 0. The lowest BCUT2D eigenvalue weighted by Crippen LogP contribution is -2.28. The predicted molar refractivity (Wildman–Crippen MR) is 309 cm³/mol. The molecule has 3 heterocycles. The Balaban J connectivity index is 1.09. The van der Waals surface area contributed by atoms with E-state index in [1.54, 1.807) is 0 Å². The highest BCUT2D eigenvalue weighted by Gasteiger charge is 2.31. The Hall–Kier alpha value is -7.37. The summed E-state index contributed by atoms with van der Waals surface area (Å²) in [6.45, 7) is 30.6. The first-order chi connectivity index (χ1) is 34.6. The van der Waals surface area contributed by atoms with Gasteiger partial charge in [-0.1, -0.05) is 193 Å². The van der Waals surface area contributed by atoms with Crippen LogP contribution in [0.5, 0.6) is 11.5 Å². The largest absolute Gasteiger partial charge is 0.457 e. The van der Waals surface area contributed by atoms with E-state index in [1.165, 1.54) is 55.6 Å². The van der Waals surface area contributed by atoms with Gasteiger partial charge in [-0.15, -0.1) is 0 Å². The monoisotopic (exact) mass is 961 g/mol. The number of rotatable bonds is 10. The molecular weight excluding hydrogens is 889 g/mol. The van der Waals surface area contributed by atoms with Gasteiger partial charge in [0, 0.05) is 57.5 Å². The SMILES string of the molecule is CC(C)(C)c1cc(Oc2ccc3c4cc(C(C)(C)c5ccccc5)ccc4n(-c4cc(C(C)(C)c5ccccc5)ccn4)c3c2)cc(N2C=C(c3ccccc3)N(c3cc(C(C)(C)C)cc(C(C)(C)C)c3)C2)c1. The van der Waals surface area contributed by atoms with Crippen LogP contribution in [0.1, 0.15) is 135 Å². The zero-order valence-corrected chi connectivity index (χ0v) is 45.3. The van der Waals surface area contributed by atoms with Crippen molar-refractivity contribution in [2.75, 3.05) is 16.5 Å². The van der Waals surface area contributed by atoms with E-state index in [2.05, 4.69) is 287 Å². The van der Waals surface area contributed by atoms with E-state index in [9.17, 15) is 0 Å². The number of anilines is 2. The molecule has 0 saturated carbocycles. The predicted octanol–water partition coefficient (Wildman–Crippen LogP) is 17.8. The minimum Gasteiger partial charge on any atom is -0.457 e. The van der Waals surface area contributed by atoms with Gasteiger partial charge in [0.25, 0.3) is 0 Å². The van der Waals surface area contributed by atoms with Crippen LogP contribution in [0.4, 0.5) is 11.4 Å². The molecule has 5 heteroatoms. The second-order valence-corrected chi connectivity index (χ2v) is 24.4. The van der Waals surface area contributed by atoms with E-state index in [-0.39, 0.29) is 27.1 Å². The Labute approximate surface area is 434 Å². The van der Waals surface area contributed by atoms with Crippen LogP contribution >= 0.6 is 0 Å². The second-order valence-electron chi connectivity index (χ2n) is 24.4. The molecule has 5 nitrogen and oxygen atoms in total. The Morgan fingerprint density at radius 2 is 0.959 bits per heavy atom. The van der Waals surface area contributed by atoms with Crippen molar-refractivity contribution in [3.8, 4) is 17.3 Å². The van der Waals surface area contributed by atoms with Crippen molar-refractivity contribution >= 4 is 38.9 Å². The fourth-order valence-electron chi connectivity index (χ4n) is 10.4. The third-order valence-electron chi connectivity index (χ3n) is 15.4. The molecule has 370 valence electrons. The molecule has 0 atom stereocenters. The van der Waals surface area contributed by atoms with Gasteiger partial charge >= 0.3 is 0 Å². The number of hydrogen-bond donors (Lipinski definition) is 0. The quantitative estimate of drug-likeness (QED) is 0.137. The van der Waals surface area contributed by atoms with Crippen molar-refractivity contribution in [2.45, 2.75) is 117 Å². The highest BCUT2D eigenvalue weighted by Crippen LogP contribution is 2.44. The number of benzene rings is 7. The number of fused-ring (bicyclic) bond motifs is 3. The van der Waals surface area contributed by atoms with Crippen molar-refractivity contribution in [1.82, 2.24) is 9.55 Å². The second kappa shape index (κ2) is 18.3. The summed E-state index contributed by atoms with van der Waals surface area (Å²) in [5.74, 6) is 2.42. The number of pyridine rings is 1. The Kier molecular flexibility index (Phi) is 12.3. The number of ether oxygens (including phenoxy) is 1. The van der Waals surface area contributed by atoms with Crippen LogP contribution in [0.3, 0.4) is 0 Å². The van der Waals surface area contributed by atoms with E-state index in [4.69, 9.17) is 9.72 Å². The van der Waals surface area contributed by atoms with Crippen molar-refractivity contribution in [2.24, 2.45) is 0 Å². The smallest absolute Gasteiger partial charge is 0.137 e. The Morgan fingerprint density at radius 1 is 0.411 bits per heavy atom. The molecule has 0 bridgehead atoms. The van der Waals surface area contributed by atoms with Crippen LogP contribution in [0, 0.1) is 0 Å². The zero-order chi connectivity index (χ0) is 51.7. The Morgan fingerprint density at radius 3 is 1.55 bits per heavy atom. The third-order valence-corrected chi connectivity index (χ3v) is 15.4. The van der Waals surface area contributed by atoms with Crippen LogP contribution in [0.25, 0.3) is 33.3 Å². The molecule has 0 spiro atoms. The summed E-state index contributed by atoms with van der Waals surface area (Å²) in [5.41, 5.74) is 15.0. The van der Waals surface area contributed by atoms with Gasteiger partial charge in [0.05, 0.1) is 23.4 Å². The molecule has 9 aromatic rings. The molecule has 0 unspecified atom stereocenters. The third kappa shape index (κ3) is 9.59. The number of hydrogen-bond acceptors (Lipinski definition) is 4. The normalized spacial score (nSPS) is 13.8. The van der Waals surface area contributed by atoms with E-state index in [0.717, 1.165) is 45.1 Å². The van der Waals surface area contributed by atoms with Gasteiger partial charge in [0.15, 0.2) is 0 Å². The van der Waals surface area contributed by atoms with Crippen molar-refractivity contribution < 1.29 is 4.74 Å². The molecule has 0 N–H and O–H groups in total. The van der Waals surface area contributed by atoms with Crippen molar-refractivity contribution in [3.63, 3.8) is 0 Å². The van der Waals surface area contributed by atoms with Crippen molar-refractivity contribution in [3.05, 3.63) is 233 Å². The molecule has 10 rings (SSSR count). The molecule has 2 aromatic heterocycles. The van der Waals surface area contributed by atoms with Crippen LogP contribution in [0.15, 0.2) is 188 Å². The molecule has 73 heavy (non-hydrogen) atoms. The van der Waals surface area contributed by atoms with Crippen LogP contribution in [0.2, 0.25) is 0 Å². The van der Waals surface area contributed by atoms with Crippen LogP contribution < -0.4 is 14.5 Å². The minimum absolute atomic E-state index is 0.0151. The first-order valence-corrected chi connectivity index (χ1v) is 26.0. The van der Waals surface area contributed by atoms with Gasteiger partial charge in [-0.05, 0) is 121 Å². The summed E-state index contributed by atoms with van der Waals surface area (Å²) in [6.07, 6.45) is 4.28. The van der Waals surface area contributed by atoms with E-state index >= 15 is 0 Å². The summed E-state index contributed by atoms with van der Waals surface area (Å²) in [6, 6.07) is 64.3. The van der Waals surface area contributed by atoms with Gasteiger partial charge in [0.1, 0.15) is 17.3 Å². The molecule has 0 amide bonds. The van der Waals surface area contributed by atoms with Crippen LogP contribution in [-0.4, -0.2) is 16.2 Å². The Bertz CT molecular complexity index is 3470. The van der Waals surface area contributed by atoms with E-state index in [0.29, 0.717) is 6.67 Å². The number of aromatic nitrogens is 2. The molecule has 0 fully saturated rings. The molecule has 0 saturated heterocycles. The van der Waals surface area contributed by atoms with Gasteiger partial charge < -0.3 is 14.5 Å². The molecule has 0 radical (unpaired) electrons. The fourth-order valence-corrected chi connectivity index (χ4v) is 10.4. The number of nitrogens with zero attached hydrogens (tertiary/aromatic N) is 4. The highest BCUT2D eigenvalue weighted by molar-refractivity contribution is 6.10. The zero-order valence-electron chi connectivity index (χ0n) is 45.3. The maximum atomic E-state index is 7.12. The lowest BCUT2D eigenvalue weighted by atomic mass is 9.78. The first kappa shape index (κ1) is 49.2. The highest BCUT2D eigenvalue weighted by atomic mass is 16.5. The average molecular weight is 961 g/mol. The summed E-state index contributed by atoms with van der Waals surface area (Å²) < 4.78 is 9.44. The van der Waals surface area contributed by atoms with E-state index < -0.39 is 0 Å². The first-order valence-electron chi connectivity index (χ1n) is 26.0. The van der Waals surface area contributed by atoms with Crippen LogP contribution in [-0.2, 0) is 27.1 Å². The summed E-state index contributed by atoms with van der Waals surface area (Å²) in [5, 5.41) is 2.32.